The van der Waals surface area contributed by atoms with Gasteiger partial charge in [-0.1, -0.05) is 35.9 Å². The van der Waals surface area contributed by atoms with Crippen molar-refractivity contribution in [2.24, 2.45) is 0 Å². The molecule has 0 aromatic heterocycles. The number of aliphatic hydroxyl groups excluding tert-OH is 1. The summed E-state index contributed by atoms with van der Waals surface area (Å²) >= 11 is 0. The Balaban J connectivity index is 0.00000280. The van der Waals surface area contributed by atoms with Gasteiger partial charge in [0, 0.05) is 5.56 Å². The number of hydrogen-bond acceptors (Lipinski definition) is 3. The highest BCUT2D eigenvalue weighted by molar-refractivity contribution is 7.92. The van der Waals surface area contributed by atoms with Gasteiger partial charge in [-0.05, 0) is 45.9 Å². The van der Waals surface area contributed by atoms with Crippen LogP contribution in [0.2, 0.25) is 0 Å². The molecule has 0 bridgehead atoms. The van der Waals surface area contributed by atoms with Gasteiger partial charge in [-0.15, -0.1) is 0 Å². The van der Waals surface area contributed by atoms with Crippen molar-refractivity contribution in [3.8, 4) is 0 Å². The van der Waals surface area contributed by atoms with Gasteiger partial charge < -0.3 is 26.6 Å². The Kier molecular flexibility index (Phi) is 6.97. The Morgan fingerprint density at radius 3 is 2.04 bits per heavy atom. The zero-order valence-electron chi connectivity index (χ0n) is 16.8. The van der Waals surface area contributed by atoms with Gasteiger partial charge in [0.15, 0.2) is 12.3 Å². The zero-order valence-corrected chi connectivity index (χ0v) is 19.2. The fourth-order valence-electron chi connectivity index (χ4n) is 4.30. The monoisotopic (exact) mass is 468 g/mol. The average molecular weight is 469 g/mol. The lowest BCUT2D eigenvalue weighted by atomic mass is 10.0. The second-order valence-corrected chi connectivity index (χ2v) is 9.01. The van der Waals surface area contributed by atoms with Crippen LogP contribution in [0.5, 0.6) is 0 Å². The van der Waals surface area contributed by atoms with E-state index in [1.54, 1.807) is 30.3 Å². The third kappa shape index (κ3) is 3.49. The highest BCUT2D eigenvalue weighted by Gasteiger charge is 2.52. The van der Waals surface area contributed by atoms with Crippen molar-refractivity contribution in [3.63, 3.8) is 0 Å². The number of likely N-dealkylation sites (N-methyl/N-ethyl adjacent to an activating group) is 1. The van der Waals surface area contributed by atoms with Crippen LogP contribution in [0.1, 0.15) is 37.9 Å². The number of sulfonamides is 1. The topological polar surface area (TPSA) is 57.6 Å². The number of aliphatic hydroxyl groups is 1. The fourth-order valence-corrected chi connectivity index (χ4v) is 5.84. The van der Waals surface area contributed by atoms with Gasteiger partial charge >= 0.3 is 0 Å². The molecule has 1 heterocycles. The number of benzene rings is 2. The van der Waals surface area contributed by atoms with Gasteiger partial charge in [-0.2, -0.15) is 0 Å². The molecule has 0 spiro atoms. The first-order valence-corrected chi connectivity index (χ1v) is 11.0. The molecule has 7 heteroatoms. The lowest BCUT2D eigenvalue weighted by Crippen LogP contribution is -3.00. The van der Waals surface area contributed by atoms with Crippen molar-refractivity contribution in [3.05, 3.63) is 59.7 Å². The highest BCUT2D eigenvalue weighted by atomic mass is 79.9. The quantitative estimate of drug-likeness (QED) is 0.625. The van der Waals surface area contributed by atoms with Crippen molar-refractivity contribution in [1.82, 2.24) is 0 Å². The van der Waals surface area contributed by atoms with Crippen molar-refractivity contribution in [1.29, 1.82) is 0 Å². The van der Waals surface area contributed by atoms with Crippen LogP contribution in [0, 0.1) is 6.92 Å². The molecule has 154 valence electrons. The van der Waals surface area contributed by atoms with E-state index in [1.807, 2.05) is 25.1 Å². The minimum atomic E-state index is -3.86. The molecule has 0 aliphatic carbocycles. The molecule has 0 saturated heterocycles. The van der Waals surface area contributed by atoms with Crippen LogP contribution in [0.3, 0.4) is 0 Å². The number of quaternary nitrogens is 1. The maximum absolute atomic E-state index is 13.4. The number of nitrogens with zero attached hydrogens (tertiary/aromatic N) is 2. The Morgan fingerprint density at radius 1 is 0.964 bits per heavy atom. The minimum Gasteiger partial charge on any atom is -1.00 e. The summed E-state index contributed by atoms with van der Waals surface area (Å²) in [5, 5.41) is 11.3. The largest absolute Gasteiger partial charge is 1.00 e. The molecular formula is C21H29BrN2O3S. The van der Waals surface area contributed by atoms with Gasteiger partial charge in [-0.3, -0.25) is 0 Å². The molecule has 2 aromatic rings. The van der Waals surface area contributed by atoms with Crippen LogP contribution in [0.15, 0.2) is 53.4 Å². The molecule has 0 radical (unpaired) electrons. The van der Waals surface area contributed by atoms with E-state index in [2.05, 4.69) is 20.8 Å². The summed E-state index contributed by atoms with van der Waals surface area (Å²) in [7, 11) is -3.86. The van der Waals surface area contributed by atoms with Crippen molar-refractivity contribution in [2.45, 2.75) is 44.9 Å². The van der Waals surface area contributed by atoms with Crippen LogP contribution in [0.4, 0.5) is 5.69 Å². The number of aryl methyl sites for hydroxylation is 1. The predicted molar refractivity (Wildman–Crippen MR) is 108 cm³/mol. The van der Waals surface area contributed by atoms with Crippen LogP contribution in [0.25, 0.3) is 0 Å². The molecule has 1 aliphatic heterocycles. The smallest absolute Gasteiger partial charge is 0.266 e. The van der Waals surface area contributed by atoms with Gasteiger partial charge in [0.1, 0.15) is 0 Å². The first-order valence-electron chi connectivity index (χ1n) is 9.56. The number of para-hydroxylation sites is 1. The van der Waals surface area contributed by atoms with Crippen LogP contribution in [-0.4, -0.2) is 43.9 Å². The Morgan fingerprint density at radius 2 is 1.50 bits per heavy atom. The van der Waals surface area contributed by atoms with Crippen LogP contribution >= 0.6 is 0 Å². The molecule has 5 nitrogen and oxygen atoms in total. The van der Waals surface area contributed by atoms with Gasteiger partial charge in [-0.25, -0.2) is 12.7 Å². The van der Waals surface area contributed by atoms with E-state index in [9.17, 15) is 13.5 Å². The summed E-state index contributed by atoms with van der Waals surface area (Å²) in [6, 6.07) is 13.9. The van der Waals surface area contributed by atoms with Crippen LogP contribution < -0.4 is 21.3 Å². The first kappa shape index (κ1) is 22.9. The predicted octanol–water partition coefficient (Wildman–Crippen LogP) is 0.444. The fraction of sp³-hybridized carbons (Fsp3) is 0.429. The number of anilines is 1. The van der Waals surface area contributed by atoms with Crippen molar-refractivity contribution >= 4 is 15.7 Å². The molecule has 1 N–H and O–H groups in total. The molecule has 2 aromatic carbocycles. The summed E-state index contributed by atoms with van der Waals surface area (Å²) in [6.45, 7) is 10.7. The van der Waals surface area contributed by atoms with Crippen LogP contribution in [-0.2, 0) is 10.0 Å². The second-order valence-electron chi connectivity index (χ2n) is 7.20. The molecule has 28 heavy (non-hydrogen) atoms. The van der Waals surface area contributed by atoms with Gasteiger partial charge in [0.05, 0.1) is 30.2 Å². The van der Waals surface area contributed by atoms with E-state index >= 15 is 0 Å². The Labute approximate surface area is 179 Å². The normalized spacial score (nSPS) is 19.2. The molecule has 0 saturated carbocycles. The third-order valence-corrected chi connectivity index (χ3v) is 7.87. The van der Waals surface area contributed by atoms with E-state index in [1.165, 1.54) is 4.31 Å². The second kappa shape index (κ2) is 8.53. The molecule has 0 fully saturated rings. The minimum absolute atomic E-state index is 0. The molecule has 3 rings (SSSR count). The Hall–Kier alpha value is -1.41. The number of rotatable bonds is 6. The molecular weight excluding hydrogens is 440 g/mol. The summed E-state index contributed by atoms with van der Waals surface area (Å²) in [4.78, 5) is 0.199. The summed E-state index contributed by atoms with van der Waals surface area (Å²) in [5.74, 6) is 0. The number of fused-ring (bicyclic) bond motifs is 1. The highest BCUT2D eigenvalue weighted by Crippen LogP contribution is 2.47. The van der Waals surface area contributed by atoms with E-state index in [0.717, 1.165) is 30.8 Å². The SMILES string of the molecule is CC[N+](CC)(CC)[C@@H]1c2ccccc2N(S(=O)(=O)c2ccc(C)cc2)[C@H]1O.[Br-]. The van der Waals surface area contributed by atoms with E-state index in [4.69, 9.17) is 0 Å². The summed E-state index contributed by atoms with van der Waals surface area (Å²) in [5.41, 5.74) is 2.47. The molecule has 2 atom stereocenters. The van der Waals surface area contributed by atoms with Gasteiger partial charge in [0.2, 0.25) is 0 Å². The number of hydrogen-bond donors (Lipinski definition) is 1. The van der Waals surface area contributed by atoms with E-state index < -0.39 is 16.3 Å². The summed E-state index contributed by atoms with van der Waals surface area (Å²) in [6.07, 6.45) is -1.13. The lowest BCUT2D eigenvalue weighted by Gasteiger charge is -2.43. The van der Waals surface area contributed by atoms with Crippen molar-refractivity contribution < 1.29 is 35.0 Å². The first-order chi connectivity index (χ1) is 12.8. The van der Waals surface area contributed by atoms with Gasteiger partial charge in [0.25, 0.3) is 10.0 Å². The molecule has 0 amide bonds. The van der Waals surface area contributed by atoms with E-state index in [-0.39, 0.29) is 27.9 Å². The third-order valence-electron chi connectivity index (χ3n) is 6.07. The molecule has 1 aliphatic rings. The lowest BCUT2D eigenvalue weighted by molar-refractivity contribution is -0.955. The Bertz CT molecular complexity index is 903. The maximum atomic E-state index is 13.4. The number of halogens is 1. The maximum Gasteiger partial charge on any atom is 0.266 e. The standard InChI is InChI=1S/C21H29N2O3S.BrH/c1-5-23(6-2,7-3)20-18-10-8-9-11-19(18)22(21(20)24)27(25,26)17-14-12-16(4)13-15-17;/h8-15,20-21,24H,5-7H2,1-4H3;1H/q+1;/p-1/t20-,21+;/m1./s1. The summed E-state index contributed by atoms with van der Waals surface area (Å²) < 4.78 is 28.7. The molecule has 0 unspecified atom stereocenters. The van der Waals surface area contributed by atoms with E-state index in [0.29, 0.717) is 10.2 Å². The average Bonchev–Trinajstić information content (AvgIpc) is 2.97. The zero-order chi connectivity index (χ0) is 19.8. The van der Waals surface area contributed by atoms with Crippen molar-refractivity contribution in [2.75, 3.05) is 23.9 Å².